The lowest BCUT2D eigenvalue weighted by Gasteiger charge is -2.32. The largest absolute Gasteiger partial charge is 0.465 e. The van der Waals surface area contributed by atoms with Crippen molar-refractivity contribution < 1.29 is 9.53 Å². The first-order valence-corrected chi connectivity index (χ1v) is 11.8. The number of pyridine rings is 1. The third-order valence-electron chi connectivity index (χ3n) is 6.90. The second-order valence-electron chi connectivity index (χ2n) is 9.04. The molecule has 6 nitrogen and oxygen atoms in total. The van der Waals surface area contributed by atoms with Crippen molar-refractivity contribution in [2.75, 3.05) is 13.7 Å². The van der Waals surface area contributed by atoms with Crippen LogP contribution in [-0.2, 0) is 17.8 Å². The number of ether oxygens (including phenoxy) is 1. The van der Waals surface area contributed by atoms with Crippen LogP contribution < -0.4 is 5.32 Å². The molecule has 0 fully saturated rings. The zero-order valence-electron chi connectivity index (χ0n) is 20.2. The maximum absolute atomic E-state index is 12.0. The Bertz CT molecular complexity index is 1100. The number of aryl methyl sites for hydroxylation is 1. The van der Waals surface area contributed by atoms with E-state index >= 15 is 0 Å². The minimum Gasteiger partial charge on any atom is -0.465 e. The van der Waals surface area contributed by atoms with E-state index in [-0.39, 0.29) is 5.97 Å². The van der Waals surface area contributed by atoms with Gasteiger partial charge in [-0.1, -0.05) is 17.7 Å². The molecule has 1 N–H and O–H groups in total. The highest BCUT2D eigenvalue weighted by atomic mass is 16.5. The van der Waals surface area contributed by atoms with Gasteiger partial charge in [-0.05, 0) is 87.3 Å². The number of nitrogens with one attached hydrogen (secondary N) is 1. The van der Waals surface area contributed by atoms with Gasteiger partial charge in [-0.25, -0.2) is 9.79 Å². The van der Waals surface area contributed by atoms with Gasteiger partial charge >= 0.3 is 5.97 Å². The number of esters is 1. The Balaban J connectivity index is 1.58. The van der Waals surface area contributed by atoms with Crippen LogP contribution in [0.25, 0.3) is 0 Å². The van der Waals surface area contributed by atoms with Crippen LogP contribution in [0, 0.1) is 20.8 Å². The molecule has 0 amide bonds. The Hall–Kier alpha value is -3.15. The number of carbonyl (C=O) groups is 1. The lowest BCUT2D eigenvalue weighted by molar-refractivity contribution is 0.0600. The highest BCUT2D eigenvalue weighted by molar-refractivity contribution is 5.92. The van der Waals surface area contributed by atoms with Gasteiger partial charge in [0.15, 0.2) is 5.96 Å². The summed E-state index contributed by atoms with van der Waals surface area (Å²) in [6.45, 7) is 8.64. The van der Waals surface area contributed by atoms with Crippen molar-refractivity contribution in [3.8, 4) is 0 Å². The molecule has 0 saturated carbocycles. The number of carbonyl (C=O) groups excluding carboxylic acids is 1. The van der Waals surface area contributed by atoms with Crippen molar-refractivity contribution in [2.24, 2.45) is 4.99 Å². The molecule has 2 aliphatic rings. The van der Waals surface area contributed by atoms with Crippen LogP contribution in [0.2, 0.25) is 0 Å². The molecule has 0 saturated heterocycles. The number of aliphatic imine (C=N–C) groups is 1. The fraction of sp³-hybridized carbons (Fsp3) is 0.444. The minimum atomic E-state index is -0.343. The SMILES string of the molecule is COC(=O)c1ccc2c(c1)N=C(NCc1ncc(C)c(C)c1C)N(CCC1=CCCCC1)C2. The van der Waals surface area contributed by atoms with Crippen molar-refractivity contribution >= 4 is 17.6 Å². The van der Waals surface area contributed by atoms with E-state index in [9.17, 15) is 4.79 Å². The van der Waals surface area contributed by atoms with Crippen molar-refractivity contribution in [1.82, 2.24) is 15.2 Å². The number of benzene rings is 1. The van der Waals surface area contributed by atoms with Gasteiger partial charge in [-0.2, -0.15) is 0 Å². The summed E-state index contributed by atoms with van der Waals surface area (Å²) < 4.78 is 4.89. The van der Waals surface area contributed by atoms with Gasteiger partial charge in [-0.3, -0.25) is 4.98 Å². The van der Waals surface area contributed by atoms with Crippen LogP contribution in [0.1, 0.15) is 70.4 Å². The van der Waals surface area contributed by atoms with Gasteiger partial charge in [0, 0.05) is 19.3 Å². The Labute approximate surface area is 196 Å². The average Bonchev–Trinajstić information content (AvgIpc) is 2.85. The monoisotopic (exact) mass is 446 g/mol. The van der Waals surface area contributed by atoms with Gasteiger partial charge in [0.25, 0.3) is 0 Å². The first kappa shape index (κ1) is 23.0. The lowest BCUT2D eigenvalue weighted by atomic mass is 9.97. The molecular weight excluding hydrogens is 412 g/mol. The van der Waals surface area contributed by atoms with E-state index in [0.29, 0.717) is 12.1 Å². The predicted octanol–water partition coefficient (Wildman–Crippen LogP) is 5.28. The van der Waals surface area contributed by atoms with Crippen LogP contribution in [0.3, 0.4) is 0 Å². The molecule has 6 heteroatoms. The first-order chi connectivity index (χ1) is 16.0. The van der Waals surface area contributed by atoms with Gasteiger partial charge < -0.3 is 15.0 Å². The molecule has 1 aromatic heterocycles. The maximum atomic E-state index is 12.0. The molecule has 4 rings (SSSR count). The minimum absolute atomic E-state index is 0.343. The normalized spacial score (nSPS) is 15.5. The Morgan fingerprint density at radius 2 is 2.03 bits per heavy atom. The summed E-state index contributed by atoms with van der Waals surface area (Å²) in [5, 5.41) is 3.54. The number of hydrogen-bond donors (Lipinski definition) is 1. The molecule has 0 radical (unpaired) electrons. The van der Waals surface area contributed by atoms with Crippen LogP contribution in [0.5, 0.6) is 0 Å². The highest BCUT2D eigenvalue weighted by Crippen LogP contribution is 2.29. The van der Waals surface area contributed by atoms with Gasteiger partial charge in [0.05, 0.1) is 30.6 Å². The van der Waals surface area contributed by atoms with E-state index in [0.717, 1.165) is 42.4 Å². The van der Waals surface area contributed by atoms with Crippen LogP contribution in [0.4, 0.5) is 5.69 Å². The summed E-state index contributed by atoms with van der Waals surface area (Å²) in [6, 6.07) is 5.63. The Morgan fingerprint density at radius 1 is 1.18 bits per heavy atom. The smallest absolute Gasteiger partial charge is 0.337 e. The maximum Gasteiger partial charge on any atom is 0.337 e. The molecule has 0 unspecified atom stereocenters. The quantitative estimate of drug-likeness (QED) is 0.483. The third kappa shape index (κ3) is 5.27. The predicted molar refractivity (Wildman–Crippen MR) is 132 cm³/mol. The molecule has 174 valence electrons. The fourth-order valence-corrected chi connectivity index (χ4v) is 4.48. The summed E-state index contributed by atoms with van der Waals surface area (Å²) in [4.78, 5) is 23.9. The molecule has 33 heavy (non-hydrogen) atoms. The van der Waals surface area contributed by atoms with Crippen LogP contribution in [-0.4, -0.2) is 35.5 Å². The average molecular weight is 447 g/mol. The summed E-state index contributed by atoms with van der Waals surface area (Å²) in [5.74, 6) is 0.490. The van der Waals surface area contributed by atoms with Crippen LogP contribution >= 0.6 is 0 Å². The fourth-order valence-electron chi connectivity index (χ4n) is 4.48. The number of aromatic nitrogens is 1. The number of rotatable bonds is 6. The standard InChI is InChI=1S/C27H34N4O2/c1-18-15-28-25(20(3)19(18)2)16-29-27-30-24-14-22(26(32)33-4)10-11-23(24)17-31(27)13-12-21-8-6-5-7-9-21/h8,10-11,14-15H,5-7,9,12-13,16-17H2,1-4H3,(H,29,30). The first-order valence-electron chi connectivity index (χ1n) is 11.8. The Morgan fingerprint density at radius 3 is 2.79 bits per heavy atom. The molecule has 2 aromatic rings. The topological polar surface area (TPSA) is 66.8 Å². The number of fused-ring (bicyclic) bond motifs is 1. The van der Waals surface area contributed by atoms with Gasteiger partial charge in [0.1, 0.15) is 0 Å². The van der Waals surface area contributed by atoms with Gasteiger partial charge in [-0.15, -0.1) is 0 Å². The molecule has 1 aliphatic carbocycles. The van der Waals surface area contributed by atoms with E-state index in [4.69, 9.17) is 9.73 Å². The lowest BCUT2D eigenvalue weighted by Crippen LogP contribution is -2.43. The number of allylic oxidation sites excluding steroid dienone is 1. The summed E-state index contributed by atoms with van der Waals surface area (Å²) >= 11 is 0. The van der Waals surface area contributed by atoms with Crippen molar-refractivity contribution in [2.45, 2.75) is 66.0 Å². The summed E-state index contributed by atoms with van der Waals surface area (Å²) in [6.07, 6.45) is 10.4. The van der Waals surface area contributed by atoms with Crippen molar-refractivity contribution in [3.63, 3.8) is 0 Å². The van der Waals surface area contributed by atoms with E-state index in [2.05, 4.69) is 42.0 Å². The number of guanidine groups is 1. The van der Waals surface area contributed by atoms with Crippen molar-refractivity contribution in [1.29, 1.82) is 0 Å². The highest BCUT2D eigenvalue weighted by Gasteiger charge is 2.22. The number of hydrogen-bond acceptors (Lipinski definition) is 6. The molecule has 0 bridgehead atoms. The molecule has 2 heterocycles. The molecule has 1 aliphatic heterocycles. The van der Waals surface area contributed by atoms with Crippen molar-refractivity contribution in [3.05, 3.63) is 69.6 Å². The summed E-state index contributed by atoms with van der Waals surface area (Å²) in [5.41, 5.74) is 8.74. The second kappa shape index (κ2) is 10.2. The second-order valence-corrected chi connectivity index (χ2v) is 9.04. The van der Waals surface area contributed by atoms with E-state index in [1.807, 2.05) is 24.4 Å². The molecule has 1 aromatic carbocycles. The molecule has 0 atom stereocenters. The van der Waals surface area contributed by atoms with E-state index < -0.39 is 0 Å². The molecule has 0 spiro atoms. The van der Waals surface area contributed by atoms with Crippen LogP contribution in [0.15, 0.2) is 41.0 Å². The third-order valence-corrected chi connectivity index (χ3v) is 6.90. The zero-order chi connectivity index (χ0) is 23.4. The summed E-state index contributed by atoms with van der Waals surface area (Å²) in [7, 11) is 1.40. The number of methoxy groups -OCH3 is 1. The Kier molecular flexibility index (Phi) is 7.11. The molecular formula is C27H34N4O2. The van der Waals surface area contributed by atoms with E-state index in [1.165, 1.54) is 49.5 Å². The van der Waals surface area contributed by atoms with E-state index in [1.54, 1.807) is 5.57 Å². The van der Waals surface area contributed by atoms with Gasteiger partial charge in [0.2, 0.25) is 0 Å². The zero-order valence-corrected chi connectivity index (χ0v) is 20.2. The number of nitrogens with zero attached hydrogens (tertiary/aromatic N) is 3.